The van der Waals surface area contributed by atoms with Crippen molar-refractivity contribution in [2.75, 3.05) is 31.6 Å². The highest BCUT2D eigenvalue weighted by molar-refractivity contribution is 7.89. The minimum Gasteiger partial charge on any atom is -0.456 e. The summed E-state index contributed by atoms with van der Waals surface area (Å²) in [6.07, 6.45) is 2.27. The topological polar surface area (TPSA) is 130 Å². The lowest BCUT2D eigenvalue weighted by Gasteiger charge is -2.16. The summed E-state index contributed by atoms with van der Waals surface area (Å²) in [6, 6.07) is 5.93. The van der Waals surface area contributed by atoms with Crippen LogP contribution < -0.4 is 5.32 Å². The van der Waals surface area contributed by atoms with Gasteiger partial charge in [0.05, 0.1) is 4.90 Å². The number of nitrogens with zero attached hydrogens (tertiary/aromatic N) is 2. The fourth-order valence-corrected chi connectivity index (χ4v) is 5.04. The molecule has 11 heteroatoms. The smallest absolute Gasteiger partial charge is 0.306 e. The van der Waals surface area contributed by atoms with E-state index < -0.39 is 28.5 Å². The summed E-state index contributed by atoms with van der Waals surface area (Å²) in [5.74, 6) is -1.72. The van der Waals surface area contributed by atoms with E-state index in [0.717, 1.165) is 17.7 Å². The Kier molecular flexibility index (Phi) is 7.39. The third-order valence-electron chi connectivity index (χ3n) is 5.10. The predicted octanol–water partition coefficient (Wildman–Crippen LogP) is 0.882. The van der Waals surface area contributed by atoms with Crippen molar-refractivity contribution < 1.29 is 32.3 Å². The van der Waals surface area contributed by atoms with Crippen molar-refractivity contribution in [2.24, 2.45) is 0 Å². The molecule has 2 saturated heterocycles. The fraction of sp³-hybridized carbons (Fsp3) is 0.500. The Morgan fingerprint density at radius 3 is 2.42 bits per heavy atom. The van der Waals surface area contributed by atoms with E-state index in [4.69, 9.17) is 4.74 Å². The minimum atomic E-state index is -3.60. The molecular weight excluding hydrogens is 426 g/mol. The van der Waals surface area contributed by atoms with Gasteiger partial charge in [0.15, 0.2) is 6.61 Å². The number of ether oxygens (including phenoxy) is 1. The Bertz CT molecular complexity index is 955. The molecule has 1 aromatic carbocycles. The quantitative estimate of drug-likeness (QED) is 0.436. The average Bonchev–Trinajstić information content (AvgIpc) is 3.39. The Morgan fingerprint density at radius 2 is 1.74 bits per heavy atom. The number of amides is 3. The number of imide groups is 1. The molecule has 0 radical (unpaired) electrons. The predicted molar refractivity (Wildman–Crippen MR) is 109 cm³/mol. The molecule has 0 bridgehead atoms. The van der Waals surface area contributed by atoms with Crippen molar-refractivity contribution in [1.29, 1.82) is 0 Å². The summed E-state index contributed by atoms with van der Waals surface area (Å²) >= 11 is 0. The molecule has 2 fully saturated rings. The molecule has 3 rings (SSSR count). The van der Waals surface area contributed by atoms with Crippen LogP contribution in [-0.4, -0.2) is 67.6 Å². The second kappa shape index (κ2) is 10.0. The first kappa shape index (κ1) is 22.9. The Balaban J connectivity index is 1.44. The first-order chi connectivity index (χ1) is 14.8. The number of nitrogens with one attached hydrogen (secondary N) is 1. The van der Waals surface area contributed by atoms with Crippen LogP contribution in [0.1, 0.15) is 38.5 Å². The highest BCUT2D eigenvalue weighted by atomic mass is 32.2. The van der Waals surface area contributed by atoms with Gasteiger partial charge in [-0.25, -0.2) is 8.42 Å². The van der Waals surface area contributed by atoms with Crippen molar-refractivity contribution in [2.45, 2.75) is 43.4 Å². The van der Waals surface area contributed by atoms with Crippen LogP contribution in [-0.2, 0) is 33.9 Å². The van der Waals surface area contributed by atoms with Gasteiger partial charge in [-0.2, -0.15) is 4.31 Å². The summed E-state index contributed by atoms with van der Waals surface area (Å²) < 4.78 is 31.6. The van der Waals surface area contributed by atoms with E-state index in [9.17, 15) is 27.6 Å². The molecule has 0 atom stereocenters. The number of hydrogen-bond acceptors (Lipinski definition) is 7. The number of esters is 1. The van der Waals surface area contributed by atoms with Gasteiger partial charge in [-0.3, -0.25) is 24.1 Å². The first-order valence-corrected chi connectivity index (χ1v) is 11.6. The number of carbonyl (C=O) groups excluding carboxylic acids is 4. The molecule has 2 aliphatic rings. The van der Waals surface area contributed by atoms with Crippen molar-refractivity contribution in [3.63, 3.8) is 0 Å². The van der Waals surface area contributed by atoms with E-state index in [1.807, 2.05) is 0 Å². The summed E-state index contributed by atoms with van der Waals surface area (Å²) in [5.41, 5.74) is 0.285. The molecule has 0 spiro atoms. The van der Waals surface area contributed by atoms with Crippen molar-refractivity contribution in [1.82, 2.24) is 9.21 Å². The van der Waals surface area contributed by atoms with Gasteiger partial charge < -0.3 is 10.1 Å². The summed E-state index contributed by atoms with van der Waals surface area (Å²) in [5, 5.41) is 2.52. The maximum atomic E-state index is 12.6. The van der Waals surface area contributed by atoms with Crippen LogP contribution in [0.3, 0.4) is 0 Å². The molecule has 31 heavy (non-hydrogen) atoms. The standard InChI is InChI=1S/C20H25N3O7S/c24-17(14-30-20(27)7-4-12-23-18(25)8-9-19(23)26)21-15-5-3-6-16(13-15)31(28,29)22-10-1-2-11-22/h3,5-6,13H,1-2,4,7-12,14H2,(H,21,24). The molecule has 0 aliphatic carbocycles. The molecule has 2 aliphatic heterocycles. The van der Waals surface area contributed by atoms with E-state index in [1.54, 1.807) is 6.07 Å². The van der Waals surface area contributed by atoms with Crippen LogP contribution in [0.25, 0.3) is 0 Å². The van der Waals surface area contributed by atoms with Gasteiger partial charge in [0.1, 0.15) is 0 Å². The van der Waals surface area contributed by atoms with Crippen LogP contribution in [0.2, 0.25) is 0 Å². The molecule has 1 N–H and O–H groups in total. The van der Waals surface area contributed by atoms with Gasteiger partial charge in [-0.05, 0) is 37.5 Å². The number of rotatable bonds is 9. The zero-order valence-electron chi connectivity index (χ0n) is 17.0. The van der Waals surface area contributed by atoms with Gasteiger partial charge in [-0.1, -0.05) is 6.07 Å². The number of anilines is 1. The van der Waals surface area contributed by atoms with Crippen molar-refractivity contribution in [3.05, 3.63) is 24.3 Å². The molecule has 1 aromatic rings. The first-order valence-electron chi connectivity index (χ1n) is 10.2. The average molecular weight is 452 g/mol. The lowest BCUT2D eigenvalue weighted by atomic mass is 10.3. The van der Waals surface area contributed by atoms with Gasteiger partial charge in [0.25, 0.3) is 5.91 Å². The molecular formula is C20H25N3O7S. The lowest BCUT2D eigenvalue weighted by Crippen LogP contribution is -2.30. The zero-order valence-corrected chi connectivity index (χ0v) is 17.9. The van der Waals surface area contributed by atoms with Crippen molar-refractivity contribution >= 4 is 39.4 Å². The molecule has 0 saturated carbocycles. The van der Waals surface area contributed by atoms with E-state index in [-0.39, 0.29) is 54.6 Å². The Labute approximate surface area is 180 Å². The van der Waals surface area contributed by atoms with Crippen molar-refractivity contribution in [3.8, 4) is 0 Å². The Hall–Kier alpha value is -2.79. The maximum Gasteiger partial charge on any atom is 0.306 e. The highest BCUT2D eigenvalue weighted by Gasteiger charge is 2.29. The zero-order chi connectivity index (χ0) is 22.4. The second-order valence-electron chi connectivity index (χ2n) is 7.39. The van der Waals surface area contributed by atoms with Gasteiger partial charge in [-0.15, -0.1) is 0 Å². The van der Waals surface area contributed by atoms with Crippen LogP contribution in [0.5, 0.6) is 0 Å². The summed E-state index contributed by atoms with van der Waals surface area (Å²) in [4.78, 5) is 48.1. The fourth-order valence-electron chi connectivity index (χ4n) is 3.48. The van der Waals surface area contributed by atoms with Crippen LogP contribution in [0.4, 0.5) is 5.69 Å². The van der Waals surface area contributed by atoms with Gasteiger partial charge >= 0.3 is 5.97 Å². The second-order valence-corrected chi connectivity index (χ2v) is 9.33. The summed E-state index contributed by atoms with van der Waals surface area (Å²) in [7, 11) is -3.60. The maximum absolute atomic E-state index is 12.6. The number of sulfonamides is 1. The molecule has 10 nitrogen and oxygen atoms in total. The molecule has 3 amide bonds. The molecule has 0 unspecified atom stereocenters. The molecule has 2 heterocycles. The van der Waals surface area contributed by atoms with E-state index in [2.05, 4.69) is 5.32 Å². The number of benzene rings is 1. The van der Waals surface area contributed by atoms with E-state index in [1.165, 1.54) is 22.5 Å². The Morgan fingerprint density at radius 1 is 1.06 bits per heavy atom. The third kappa shape index (κ3) is 5.88. The van der Waals surface area contributed by atoms with E-state index in [0.29, 0.717) is 13.1 Å². The SMILES string of the molecule is O=C(COC(=O)CCCN1C(=O)CCC1=O)Nc1cccc(S(=O)(=O)N2CCCC2)c1. The van der Waals surface area contributed by atoms with Gasteiger partial charge in [0, 0.05) is 44.6 Å². The van der Waals surface area contributed by atoms with Gasteiger partial charge in [0.2, 0.25) is 21.8 Å². The van der Waals surface area contributed by atoms with Crippen LogP contribution in [0.15, 0.2) is 29.2 Å². The number of carbonyl (C=O) groups is 4. The molecule has 168 valence electrons. The third-order valence-corrected chi connectivity index (χ3v) is 7.00. The highest BCUT2D eigenvalue weighted by Crippen LogP contribution is 2.23. The lowest BCUT2D eigenvalue weighted by molar-refractivity contribution is -0.148. The minimum absolute atomic E-state index is 0.0338. The molecule has 0 aromatic heterocycles. The largest absolute Gasteiger partial charge is 0.456 e. The number of hydrogen-bond donors (Lipinski definition) is 1. The number of likely N-dealkylation sites (tertiary alicyclic amines) is 1. The van der Waals surface area contributed by atoms with Crippen LogP contribution in [0, 0.1) is 0 Å². The monoisotopic (exact) mass is 451 g/mol. The normalized spacial score (nSPS) is 17.2. The van der Waals surface area contributed by atoms with E-state index >= 15 is 0 Å². The summed E-state index contributed by atoms with van der Waals surface area (Å²) in [6.45, 7) is 0.588. The van der Waals surface area contributed by atoms with Crippen LogP contribution >= 0.6 is 0 Å².